The van der Waals surface area contributed by atoms with E-state index in [9.17, 15) is 9.18 Å². The Kier molecular flexibility index (Phi) is 3.31. The number of halogens is 1. The molecule has 3 atom stereocenters. The second-order valence-corrected chi connectivity index (χ2v) is 5.21. The van der Waals surface area contributed by atoms with Crippen molar-refractivity contribution in [2.75, 3.05) is 20.3 Å². The number of alkyl halides is 1. The minimum Gasteiger partial charge on any atom is -0.383 e. The van der Waals surface area contributed by atoms with Crippen LogP contribution >= 0.6 is 0 Å². The van der Waals surface area contributed by atoms with Crippen LogP contribution in [0.5, 0.6) is 0 Å². The van der Waals surface area contributed by atoms with Gasteiger partial charge in [-0.2, -0.15) is 0 Å². The van der Waals surface area contributed by atoms with Gasteiger partial charge in [-0.25, -0.2) is 4.39 Å². The van der Waals surface area contributed by atoms with Gasteiger partial charge in [0.25, 0.3) is 0 Å². The molecular formula is C12H20FNO2. The van der Waals surface area contributed by atoms with Crippen molar-refractivity contribution >= 4 is 5.78 Å². The van der Waals surface area contributed by atoms with Gasteiger partial charge in [0, 0.05) is 38.1 Å². The van der Waals surface area contributed by atoms with Crippen LogP contribution in [-0.4, -0.2) is 48.7 Å². The topological polar surface area (TPSA) is 29.5 Å². The number of rotatable bonds is 4. The average Bonchev–Trinajstić information content (AvgIpc) is 2.63. The van der Waals surface area contributed by atoms with Crippen molar-refractivity contribution in [3.63, 3.8) is 0 Å². The van der Waals surface area contributed by atoms with Crippen LogP contribution in [0.3, 0.4) is 0 Å². The molecule has 2 aliphatic heterocycles. The number of nitrogens with zero attached hydrogens (tertiary/aromatic N) is 1. The van der Waals surface area contributed by atoms with Gasteiger partial charge in [0.15, 0.2) is 0 Å². The van der Waals surface area contributed by atoms with Gasteiger partial charge in [-0.05, 0) is 19.8 Å². The number of carbonyl (C=O) groups excluding carboxylic acids is 1. The molecule has 0 unspecified atom stereocenters. The van der Waals surface area contributed by atoms with Gasteiger partial charge in [-0.3, -0.25) is 9.69 Å². The van der Waals surface area contributed by atoms with E-state index in [-0.39, 0.29) is 17.4 Å². The van der Waals surface area contributed by atoms with Crippen molar-refractivity contribution in [1.82, 2.24) is 4.90 Å². The zero-order valence-electron chi connectivity index (χ0n) is 10.0. The first-order valence-corrected chi connectivity index (χ1v) is 5.96. The van der Waals surface area contributed by atoms with Crippen LogP contribution in [0.15, 0.2) is 0 Å². The molecule has 0 radical (unpaired) electrons. The highest BCUT2D eigenvalue weighted by molar-refractivity contribution is 5.76. The third kappa shape index (κ3) is 2.00. The van der Waals surface area contributed by atoms with E-state index in [0.717, 1.165) is 12.8 Å². The van der Waals surface area contributed by atoms with Crippen molar-refractivity contribution in [2.24, 2.45) is 0 Å². The van der Waals surface area contributed by atoms with Crippen LogP contribution in [0.1, 0.15) is 32.6 Å². The SMILES string of the molecule is COC[C@@]12CC[C@@H](CC(C)=O)N1C[C@H](F)C2. The molecule has 0 saturated carbocycles. The molecule has 4 heteroatoms. The van der Waals surface area contributed by atoms with Crippen molar-refractivity contribution in [1.29, 1.82) is 0 Å². The third-order valence-corrected chi connectivity index (χ3v) is 3.93. The van der Waals surface area contributed by atoms with E-state index in [1.807, 2.05) is 0 Å². The van der Waals surface area contributed by atoms with Crippen LogP contribution in [0.4, 0.5) is 4.39 Å². The van der Waals surface area contributed by atoms with Crippen LogP contribution < -0.4 is 0 Å². The summed E-state index contributed by atoms with van der Waals surface area (Å²) in [5, 5.41) is 0. The Morgan fingerprint density at radius 1 is 1.62 bits per heavy atom. The highest BCUT2D eigenvalue weighted by Gasteiger charge is 2.52. The van der Waals surface area contributed by atoms with E-state index in [1.54, 1.807) is 14.0 Å². The van der Waals surface area contributed by atoms with E-state index in [0.29, 0.717) is 26.0 Å². The number of carbonyl (C=O) groups is 1. The van der Waals surface area contributed by atoms with Crippen LogP contribution in [0.2, 0.25) is 0 Å². The van der Waals surface area contributed by atoms with Gasteiger partial charge in [0.2, 0.25) is 0 Å². The molecule has 0 spiro atoms. The molecule has 3 nitrogen and oxygen atoms in total. The summed E-state index contributed by atoms with van der Waals surface area (Å²) in [7, 11) is 1.66. The first-order valence-electron chi connectivity index (χ1n) is 5.96. The predicted octanol–water partition coefficient (Wildman–Crippen LogP) is 1.56. The fourth-order valence-corrected chi connectivity index (χ4v) is 3.40. The van der Waals surface area contributed by atoms with E-state index in [4.69, 9.17) is 4.74 Å². The lowest BCUT2D eigenvalue weighted by atomic mass is 9.94. The van der Waals surface area contributed by atoms with Crippen molar-refractivity contribution < 1.29 is 13.9 Å². The summed E-state index contributed by atoms with van der Waals surface area (Å²) in [5.74, 6) is 0.195. The summed E-state index contributed by atoms with van der Waals surface area (Å²) >= 11 is 0. The number of fused-ring (bicyclic) bond motifs is 1. The molecule has 2 saturated heterocycles. The van der Waals surface area contributed by atoms with Gasteiger partial charge in [0.1, 0.15) is 12.0 Å². The molecule has 2 fully saturated rings. The van der Waals surface area contributed by atoms with Gasteiger partial charge in [-0.15, -0.1) is 0 Å². The zero-order chi connectivity index (χ0) is 11.8. The minimum atomic E-state index is -0.759. The predicted molar refractivity (Wildman–Crippen MR) is 59.1 cm³/mol. The lowest BCUT2D eigenvalue weighted by Crippen LogP contribution is -2.45. The number of methoxy groups -OCH3 is 1. The van der Waals surface area contributed by atoms with Gasteiger partial charge < -0.3 is 4.74 Å². The van der Waals surface area contributed by atoms with Crippen LogP contribution in [0.25, 0.3) is 0 Å². The molecule has 0 amide bonds. The van der Waals surface area contributed by atoms with Gasteiger partial charge in [-0.1, -0.05) is 0 Å². The standard InChI is InChI=1S/C12H20FNO2/c1-9(15)5-11-3-4-12(8-16-2)6-10(13)7-14(11)12/h10-11H,3-8H2,1-2H3/t10-,11+,12+/m1/s1. The lowest BCUT2D eigenvalue weighted by Gasteiger charge is -2.33. The second kappa shape index (κ2) is 4.41. The van der Waals surface area contributed by atoms with Crippen LogP contribution in [0, 0.1) is 0 Å². The maximum Gasteiger partial charge on any atom is 0.131 e. The molecule has 0 aromatic carbocycles. The van der Waals surface area contributed by atoms with E-state index < -0.39 is 6.17 Å². The normalized spacial score (nSPS) is 38.9. The third-order valence-electron chi connectivity index (χ3n) is 3.93. The summed E-state index contributed by atoms with van der Waals surface area (Å²) in [5.41, 5.74) is -0.131. The first kappa shape index (κ1) is 12.0. The molecule has 0 aromatic rings. The largest absolute Gasteiger partial charge is 0.383 e. The van der Waals surface area contributed by atoms with Crippen molar-refractivity contribution in [3.8, 4) is 0 Å². The maximum atomic E-state index is 13.5. The summed E-state index contributed by atoms with van der Waals surface area (Å²) in [6.45, 7) is 2.67. The van der Waals surface area contributed by atoms with Gasteiger partial charge >= 0.3 is 0 Å². The smallest absolute Gasteiger partial charge is 0.131 e. The Morgan fingerprint density at radius 2 is 2.38 bits per heavy atom. The summed E-state index contributed by atoms with van der Waals surface area (Å²) in [6, 6.07) is 0.230. The minimum absolute atomic E-state index is 0.131. The molecule has 0 aromatic heterocycles. The Balaban J connectivity index is 2.10. The molecule has 0 N–H and O–H groups in total. The quantitative estimate of drug-likeness (QED) is 0.732. The van der Waals surface area contributed by atoms with Crippen LogP contribution in [-0.2, 0) is 9.53 Å². The summed E-state index contributed by atoms with van der Waals surface area (Å²) in [4.78, 5) is 13.4. The molecule has 0 bridgehead atoms. The first-order chi connectivity index (χ1) is 7.57. The fourth-order valence-electron chi connectivity index (χ4n) is 3.40. The number of Topliss-reactive ketones (excluding diaryl/α,β-unsaturated/α-hetero) is 1. The van der Waals surface area contributed by atoms with E-state index >= 15 is 0 Å². The lowest BCUT2D eigenvalue weighted by molar-refractivity contribution is -0.118. The van der Waals surface area contributed by atoms with Crippen molar-refractivity contribution in [2.45, 2.75) is 50.4 Å². The molecule has 0 aliphatic carbocycles. The van der Waals surface area contributed by atoms with E-state index in [2.05, 4.69) is 4.90 Å². The molecule has 2 rings (SSSR count). The maximum absolute atomic E-state index is 13.5. The number of ether oxygens (including phenoxy) is 1. The number of ketones is 1. The monoisotopic (exact) mass is 229 g/mol. The molecule has 2 heterocycles. The summed E-state index contributed by atoms with van der Waals surface area (Å²) in [6.07, 6.45) is 2.31. The van der Waals surface area contributed by atoms with Gasteiger partial charge in [0.05, 0.1) is 6.61 Å². The molecule has 92 valence electrons. The Bertz CT molecular complexity index is 284. The zero-order valence-corrected chi connectivity index (χ0v) is 10.0. The molecule has 2 aliphatic rings. The Morgan fingerprint density at radius 3 is 3.00 bits per heavy atom. The molecular weight excluding hydrogens is 209 g/mol. The summed E-state index contributed by atoms with van der Waals surface area (Å²) < 4.78 is 18.8. The Hall–Kier alpha value is -0.480. The Labute approximate surface area is 95.9 Å². The average molecular weight is 229 g/mol. The second-order valence-electron chi connectivity index (χ2n) is 5.21. The fraction of sp³-hybridized carbons (Fsp3) is 0.917. The highest BCUT2D eigenvalue weighted by atomic mass is 19.1. The number of hydrogen-bond donors (Lipinski definition) is 0. The highest BCUT2D eigenvalue weighted by Crippen LogP contribution is 2.44. The number of hydrogen-bond acceptors (Lipinski definition) is 3. The van der Waals surface area contributed by atoms with E-state index in [1.165, 1.54) is 0 Å². The van der Waals surface area contributed by atoms with Crippen molar-refractivity contribution in [3.05, 3.63) is 0 Å². The molecule has 16 heavy (non-hydrogen) atoms.